The van der Waals surface area contributed by atoms with E-state index in [-0.39, 0.29) is 12.0 Å². The molecule has 5 heteroatoms. The Labute approximate surface area is 135 Å². The van der Waals surface area contributed by atoms with Crippen LogP contribution in [-0.4, -0.2) is 43.2 Å². The van der Waals surface area contributed by atoms with Crippen molar-refractivity contribution in [3.63, 3.8) is 0 Å². The predicted molar refractivity (Wildman–Crippen MR) is 84.7 cm³/mol. The number of piperidine rings is 2. The minimum atomic E-state index is 0.179. The SMILES string of the molecule is O=C1C2CCCNC2CC2c3cc4c(cc3CCN12)OCCO4. The maximum Gasteiger partial charge on any atom is 0.227 e. The van der Waals surface area contributed by atoms with E-state index in [0.29, 0.717) is 25.2 Å². The number of benzene rings is 1. The molecule has 5 nitrogen and oxygen atoms in total. The molecule has 0 aliphatic carbocycles. The van der Waals surface area contributed by atoms with Crippen molar-refractivity contribution in [3.05, 3.63) is 23.3 Å². The summed E-state index contributed by atoms with van der Waals surface area (Å²) in [6, 6.07) is 4.77. The zero-order valence-electron chi connectivity index (χ0n) is 13.2. The number of hydrogen-bond acceptors (Lipinski definition) is 4. The molecule has 0 bridgehead atoms. The molecule has 122 valence electrons. The molecule has 3 atom stereocenters. The summed E-state index contributed by atoms with van der Waals surface area (Å²) in [7, 11) is 0. The fourth-order valence-corrected chi connectivity index (χ4v) is 4.71. The zero-order valence-corrected chi connectivity index (χ0v) is 13.2. The van der Waals surface area contributed by atoms with Crippen molar-refractivity contribution < 1.29 is 14.3 Å². The van der Waals surface area contributed by atoms with Crippen LogP contribution >= 0.6 is 0 Å². The van der Waals surface area contributed by atoms with E-state index in [1.807, 2.05) is 0 Å². The molecular weight excluding hydrogens is 292 g/mol. The molecule has 0 aromatic heterocycles. The third-order valence-electron chi connectivity index (χ3n) is 5.82. The maximum atomic E-state index is 12.9. The number of hydrogen-bond donors (Lipinski definition) is 1. The molecule has 2 fully saturated rings. The van der Waals surface area contributed by atoms with E-state index in [0.717, 1.165) is 50.3 Å². The van der Waals surface area contributed by atoms with Gasteiger partial charge in [-0.05, 0) is 55.5 Å². The third kappa shape index (κ3) is 2.06. The van der Waals surface area contributed by atoms with Gasteiger partial charge in [0.2, 0.25) is 5.91 Å². The molecule has 1 N–H and O–H groups in total. The van der Waals surface area contributed by atoms with Crippen LogP contribution in [0.1, 0.15) is 36.4 Å². The van der Waals surface area contributed by atoms with Gasteiger partial charge in [-0.25, -0.2) is 0 Å². The van der Waals surface area contributed by atoms with E-state index in [2.05, 4.69) is 22.3 Å². The number of carbonyl (C=O) groups is 1. The second-order valence-electron chi connectivity index (χ2n) is 7.04. The van der Waals surface area contributed by atoms with Crippen molar-refractivity contribution in [1.82, 2.24) is 10.2 Å². The highest BCUT2D eigenvalue weighted by Gasteiger charge is 2.45. The standard InChI is InChI=1S/C18H22N2O3/c21-18-12-2-1-4-19-14(12)10-15-13-9-17-16(22-6-7-23-17)8-11(13)3-5-20(15)18/h8-9,12,14-15,19H,1-7,10H2. The highest BCUT2D eigenvalue weighted by atomic mass is 16.6. The Hall–Kier alpha value is -1.75. The van der Waals surface area contributed by atoms with Gasteiger partial charge in [0, 0.05) is 12.6 Å². The fraction of sp³-hybridized carbons (Fsp3) is 0.611. The first-order valence-electron chi connectivity index (χ1n) is 8.77. The molecule has 2 saturated heterocycles. The second-order valence-corrected chi connectivity index (χ2v) is 7.04. The van der Waals surface area contributed by atoms with E-state index < -0.39 is 0 Å². The largest absolute Gasteiger partial charge is 0.486 e. The van der Waals surface area contributed by atoms with Crippen LogP contribution in [0.25, 0.3) is 0 Å². The Kier molecular flexibility index (Phi) is 3.05. The molecule has 5 rings (SSSR count). The highest BCUT2D eigenvalue weighted by Crippen LogP contribution is 2.45. The number of nitrogens with one attached hydrogen (secondary N) is 1. The fourth-order valence-electron chi connectivity index (χ4n) is 4.71. The van der Waals surface area contributed by atoms with Gasteiger partial charge in [-0.15, -0.1) is 0 Å². The second kappa shape index (κ2) is 5.13. The Bertz CT molecular complexity index is 660. The van der Waals surface area contributed by atoms with Gasteiger partial charge in [0.1, 0.15) is 13.2 Å². The molecule has 1 aromatic rings. The van der Waals surface area contributed by atoms with E-state index >= 15 is 0 Å². The van der Waals surface area contributed by atoms with E-state index in [4.69, 9.17) is 9.47 Å². The van der Waals surface area contributed by atoms with Crippen molar-refractivity contribution in [2.45, 2.75) is 37.8 Å². The van der Waals surface area contributed by atoms with Gasteiger partial charge in [-0.1, -0.05) is 0 Å². The first kappa shape index (κ1) is 13.7. The number of amides is 1. The van der Waals surface area contributed by atoms with Crippen molar-refractivity contribution in [1.29, 1.82) is 0 Å². The van der Waals surface area contributed by atoms with Gasteiger partial charge in [0.05, 0.1) is 12.0 Å². The van der Waals surface area contributed by atoms with Crippen LogP contribution in [0.3, 0.4) is 0 Å². The van der Waals surface area contributed by atoms with Gasteiger partial charge in [-0.3, -0.25) is 4.79 Å². The Morgan fingerprint density at radius 3 is 2.87 bits per heavy atom. The smallest absolute Gasteiger partial charge is 0.227 e. The maximum absolute atomic E-state index is 12.9. The summed E-state index contributed by atoms with van der Waals surface area (Å²) < 4.78 is 11.5. The van der Waals surface area contributed by atoms with Gasteiger partial charge in [0.15, 0.2) is 11.5 Å². The van der Waals surface area contributed by atoms with Crippen LogP contribution in [0, 0.1) is 5.92 Å². The average molecular weight is 314 g/mol. The van der Waals surface area contributed by atoms with E-state index in [1.54, 1.807) is 0 Å². The number of ether oxygens (including phenoxy) is 2. The van der Waals surface area contributed by atoms with Crippen LogP contribution in [0.5, 0.6) is 11.5 Å². The van der Waals surface area contributed by atoms with E-state index in [9.17, 15) is 4.79 Å². The minimum Gasteiger partial charge on any atom is -0.486 e. The molecule has 1 amide bonds. The molecule has 3 unspecified atom stereocenters. The zero-order chi connectivity index (χ0) is 15.4. The molecular formula is C18H22N2O3. The van der Waals surface area contributed by atoms with Crippen LogP contribution in [-0.2, 0) is 11.2 Å². The molecule has 23 heavy (non-hydrogen) atoms. The average Bonchev–Trinajstić information content (AvgIpc) is 2.60. The van der Waals surface area contributed by atoms with Gasteiger partial charge in [0.25, 0.3) is 0 Å². The topological polar surface area (TPSA) is 50.8 Å². The summed E-state index contributed by atoms with van der Waals surface area (Å²) in [5.74, 6) is 2.22. The lowest BCUT2D eigenvalue weighted by Gasteiger charge is -2.48. The molecule has 4 aliphatic rings. The van der Waals surface area contributed by atoms with Crippen LogP contribution in [0.15, 0.2) is 12.1 Å². The molecule has 0 radical (unpaired) electrons. The quantitative estimate of drug-likeness (QED) is 0.791. The summed E-state index contributed by atoms with van der Waals surface area (Å²) in [5, 5.41) is 3.57. The summed E-state index contributed by atoms with van der Waals surface area (Å²) >= 11 is 0. The summed E-state index contributed by atoms with van der Waals surface area (Å²) in [6.07, 6.45) is 4.08. The lowest BCUT2D eigenvalue weighted by atomic mass is 9.77. The molecule has 4 aliphatic heterocycles. The first-order chi connectivity index (χ1) is 11.3. The van der Waals surface area contributed by atoms with E-state index in [1.165, 1.54) is 11.1 Å². The Balaban J connectivity index is 1.54. The van der Waals surface area contributed by atoms with Gasteiger partial charge < -0.3 is 19.7 Å². The summed E-state index contributed by atoms with van der Waals surface area (Å²) in [4.78, 5) is 15.0. The number of carbonyl (C=O) groups excluding carboxylic acids is 1. The lowest BCUT2D eigenvalue weighted by Crippen LogP contribution is -2.57. The number of nitrogens with zero attached hydrogens (tertiary/aromatic N) is 1. The summed E-state index contributed by atoms with van der Waals surface area (Å²) in [6.45, 7) is 3.09. The molecule has 1 aromatic carbocycles. The lowest BCUT2D eigenvalue weighted by molar-refractivity contribution is -0.145. The molecule has 4 heterocycles. The van der Waals surface area contributed by atoms with Crippen molar-refractivity contribution in [2.75, 3.05) is 26.3 Å². The normalized spacial score (nSPS) is 31.9. The van der Waals surface area contributed by atoms with Crippen LogP contribution < -0.4 is 14.8 Å². The summed E-state index contributed by atoms with van der Waals surface area (Å²) in [5.41, 5.74) is 2.58. The molecule has 0 saturated carbocycles. The Morgan fingerprint density at radius 2 is 2.00 bits per heavy atom. The highest BCUT2D eigenvalue weighted by molar-refractivity contribution is 5.82. The van der Waals surface area contributed by atoms with Gasteiger partial charge >= 0.3 is 0 Å². The first-order valence-corrected chi connectivity index (χ1v) is 8.77. The third-order valence-corrected chi connectivity index (χ3v) is 5.82. The van der Waals surface area contributed by atoms with Gasteiger partial charge in [-0.2, -0.15) is 0 Å². The van der Waals surface area contributed by atoms with Crippen LogP contribution in [0.2, 0.25) is 0 Å². The predicted octanol–water partition coefficient (Wildman–Crippen LogP) is 1.66. The number of rotatable bonds is 0. The number of fused-ring (bicyclic) bond motifs is 5. The van der Waals surface area contributed by atoms with Crippen molar-refractivity contribution in [2.24, 2.45) is 5.92 Å². The minimum absolute atomic E-state index is 0.179. The van der Waals surface area contributed by atoms with Crippen molar-refractivity contribution in [3.8, 4) is 11.5 Å². The van der Waals surface area contributed by atoms with Crippen LogP contribution in [0.4, 0.5) is 0 Å². The Morgan fingerprint density at radius 1 is 1.17 bits per heavy atom. The molecule has 0 spiro atoms. The monoisotopic (exact) mass is 314 g/mol. The van der Waals surface area contributed by atoms with Crippen molar-refractivity contribution >= 4 is 5.91 Å².